The largest absolute Gasteiger partial charge is 0.477 e. The Kier molecular flexibility index (Phi) is 3.02. The van der Waals surface area contributed by atoms with Crippen LogP contribution in [0.2, 0.25) is 0 Å². The van der Waals surface area contributed by atoms with Crippen LogP contribution in [0, 0.1) is 6.92 Å². The maximum Gasteiger partial charge on any atom is 0.186 e. The van der Waals surface area contributed by atoms with Gasteiger partial charge in [-0.15, -0.1) is 11.3 Å². The molecule has 80 valence electrons. The zero-order chi connectivity index (χ0) is 10.8. The van der Waals surface area contributed by atoms with Gasteiger partial charge in [-0.1, -0.05) is 0 Å². The fraction of sp³-hybridized carbons (Fsp3) is 0.400. The van der Waals surface area contributed by atoms with Crippen LogP contribution in [0.1, 0.15) is 9.88 Å². The van der Waals surface area contributed by atoms with E-state index in [9.17, 15) is 0 Å². The Morgan fingerprint density at radius 3 is 3.00 bits per heavy atom. The van der Waals surface area contributed by atoms with Crippen molar-refractivity contribution >= 4 is 28.6 Å². The minimum atomic E-state index is 0.581. The van der Waals surface area contributed by atoms with Crippen molar-refractivity contribution in [3.05, 3.63) is 27.9 Å². The lowest BCUT2D eigenvalue weighted by molar-refractivity contribution is 0.305. The number of hydrogen-bond donors (Lipinski definition) is 0. The van der Waals surface area contributed by atoms with Gasteiger partial charge in [-0.3, -0.25) is 0 Å². The summed E-state index contributed by atoms with van der Waals surface area (Å²) in [6.45, 7) is 3.47. The van der Waals surface area contributed by atoms with E-state index in [0.29, 0.717) is 11.7 Å². The maximum atomic E-state index is 5.21. The lowest BCUT2D eigenvalue weighted by Crippen LogP contribution is -2.17. The van der Waals surface area contributed by atoms with Crippen LogP contribution in [0.4, 0.5) is 0 Å². The first kappa shape index (κ1) is 10.6. The summed E-state index contributed by atoms with van der Waals surface area (Å²) in [5.74, 6) is 0. The Labute approximate surface area is 98.4 Å². The van der Waals surface area contributed by atoms with E-state index >= 15 is 0 Å². The van der Waals surface area contributed by atoms with Crippen molar-refractivity contribution < 1.29 is 4.74 Å². The number of aromatic nitrogens is 1. The number of thiocarbonyl (C=S) groups is 1. The second-order valence-electron chi connectivity index (χ2n) is 3.45. The summed E-state index contributed by atoms with van der Waals surface area (Å²) >= 11 is 6.67. The molecule has 0 saturated carbocycles. The van der Waals surface area contributed by atoms with Crippen LogP contribution >= 0.6 is 23.6 Å². The molecule has 0 aliphatic carbocycles. The summed E-state index contributed by atoms with van der Waals surface area (Å²) < 4.78 is 5.21. The van der Waals surface area contributed by atoms with Crippen LogP contribution in [0.3, 0.4) is 0 Å². The summed E-state index contributed by atoms with van der Waals surface area (Å²) in [7, 11) is 2.04. The molecule has 1 aromatic rings. The molecule has 0 fully saturated rings. The number of likely N-dealkylation sites (N-methyl/N-ethyl adjacent to an activating group) is 1. The second-order valence-corrected chi connectivity index (χ2v) is 5.17. The van der Waals surface area contributed by atoms with E-state index in [1.54, 1.807) is 11.3 Å². The number of thiazole rings is 1. The summed E-state index contributed by atoms with van der Waals surface area (Å²) in [6, 6.07) is 0. The van der Waals surface area contributed by atoms with E-state index in [2.05, 4.69) is 9.88 Å². The van der Waals surface area contributed by atoms with E-state index in [0.717, 1.165) is 17.2 Å². The van der Waals surface area contributed by atoms with Crippen LogP contribution < -0.4 is 0 Å². The molecule has 5 heteroatoms. The molecule has 1 aliphatic heterocycles. The molecule has 0 amide bonds. The molecule has 0 atom stereocenters. The van der Waals surface area contributed by atoms with Crippen molar-refractivity contribution in [1.82, 2.24) is 9.88 Å². The van der Waals surface area contributed by atoms with Gasteiger partial charge in [0.2, 0.25) is 0 Å². The number of rotatable bonds is 3. The lowest BCUT2D eigenvalue weighted by atomic mass is 10.4. The zero-order valence-corrected chi connectivity index (χ0v) is 10.3. The van der Waals surface area contributed by atoms with Gasteiger partial charge in [0.05, 0.1) is 17.2 Å². The molecule has 3 nitrogen and oxygen atoms in total. The highest BCUT2D eigenvalue weighted by atomic mass is 32.1. The highest BCUT2D eigenvalue weighted by molar-refractivity contribution is 7.80. The molecule has 0 spiro atoms. The Balaban J connectivity index is 2.01. The average Bonchev–Trinajstić information content (AvgIpc) is 2.75. The fourth-order valence-corrected chi connectivity index (χ4v) is 2.44. The SMILES string of the molecule is Cc1ncc(CN(C)C2=CC(=S)OC2)s1. The summed E-state index contributed by atoms with van der Waals surface area (Å²) in [4.78, 5) is 7.63. The van der Waals surface area contributed by atoms with E-state index in [4.69, 9.17) is 17.0 Å². The van der Waals surface area contributed by atoms with Crippen molar-refractivity contribution in [2.24, 2.45) is 0 Å². The second kappa shape index (κ2) is 4.28. The van der Waals surface area contributed by atoms with Gasteiger partial charge in [-0.25, -0.2) is 4.98 Å². The molecular weight excluding hydrogens is 228 g/mol. The Morgan fingerprint density at radius 1 is 1.67 bits per heavy atom. The van der Waals surface area contributed by atoms with E-state index in [-0.39, 0.29) is 0 Å². The van der Waals surface area contributed by atoms with E-state index in [1.165, 1.54) is 4.88 Å². The van der Waals surface area contributed by atoms with E-state index in [1.807, 2.05) is 26.2 Å². The zero-order valence-electron chi connectivity index (χ0n) is 8.69. The predicted octanol–water partition coefficient (Wildman–Crippen LogP) is 2.12. The topological polar surface area (TPSA) is 25.4 Å². The normalized spacial score (nSPS) is 15.1. The molecule has 1 aromatic heterocycles. The number of ether oxygens (including phenoxy) is 1. The maximum absolute atomic E-state index is 5.21. The first-order valence-corrected chi connectivity index (χ1v) is 5.87. The highest BCUT2D eigenvalue weighted by Gasteiger charge is 2.14. The van der Waals surface area contributed by atoms with Crippen LogP contribution in [0.15, 0.2) is 18.0 Å². The average molecular weight is 240 g/mol. The molecule has 1 aliphatic rings. The summed E-state index contributed by atoms with van der Waals surface area (Å²) in [6.07, 6.45) is 3.83. The van der Waals surface area contributed by atoms with Gasteiger partial charge in [-0.05, 0) is 19.1 Å². The number of aryl methyl sites for hydroxylation is 1. The predicted molar refractivity (Wildman–Crippen MR) is 65.0 cm³/mol. The number of hydrogen-bond acceptors (Lipinski definition) is 5. The van der Waals surface area contributed by atoms with Gasteiger partial charge in [-0.2, -0.15) is 0 Å². The Bertz CT molecular complexity index is 411. The minimum absolute atomic E-state index is 0.581. The van der Waals surface area contributed by atoms with Crippen molar-refractivity contribution in [2.75, 3.05) is 13.7 Å². The van der Waals surface area contributed by atoms with Crippen molar-refractivity contribution in [3.8, 4) is 0 Å². The number of nitrogens with zero attached hydrogens (tertiary/aromatic N) is 2. The third-order valence-electron chi connectivity index (χ3n) is 2.20. The molecule has 0 aromatic carbocycles. The molecule has 0 saturated heterocycles. The summed E-state index contributed by atoms with van der Waals surface area (Å²) in [5, 5.41) is 1.68. The molecule has 0 N–H and O–H groups in total. The van der Waals surface area contributed by atoms with Crippen LogP contribution in [-0.4, -0.2) is 28.6 Å². The lowest BCUT2D eigenvalue weighted by Gasteiger charge is -2.17. The van der Waals surface area contributed by atoms with Gasteiger partial charge in [0.25, 0.3) is 0 Å². The minimum Gasteiger partial charge on any atom is -0.477 e. The first-order valence-electron chi connectivity index (χ1n) is 4.65. The smallest absolute Gasteiger partial charge is 0.186 e. The van der Waals surface area contributed by atoms with Gasteiger partial charge in [0, 0.05) is 24.2 Å². The molecule has 2 rings (SSSR count). The molecule has 2 heterocycles. The molecule has 0 unspecified atom stereocenters. The van der Waals surface area contributed by atoms with Crippen molar-refractivity contribution in [1.29, 1.82) is 0 Å². The monoisotopic (exact) mass is 240 g/mol. The molecule has 0 radical (unpaired) electrons. The highest BCUT2D eigenvalue weighted by Crippen LogP contribution is 2.18. The molecule has 0 bridgehead atoms. The Morgan fingerprint density at radius 2 is 2.47 bits per heavy atom. The van der Waals surface area contributed by atoms with Crippen molar-refractivity contribution in [2.45, 2.75) is 13.5 Å². The van der Waals surface area contributed by atoms with Crippen molar-refractivity contribution in [3.63, 3.8) is 0 Å². The quantitative estimate of drug-likeness (QED) is 0.756. The van der Waals surface area contributed by atoms with Crippen LogP contribution in [0.25, 0.3) is 0 Å². The standard InChI is InChI=1S/C10H12N2OS2/c1-7-11-4-9(15-7)5-12(2)8-3-10(14)13-6-8/h3-4H,5-6H2,1-2H3. The first-order chi connectivity index (χ1) is 7.15. The van der Waals surface area contributed by atoms with E-state index < -0.39 is 0 Å². The third kappa shape index (κ3) is 2.54. The summed E-state index contributed by atoms with van der Waals surface area (Å²) in [5.41, 5.74) is 1.13. The van der Waals surface area contributed by atoms with Crippen LogP contribution in [-0.2, 0) is 11.3 Å². The Hall–Kier alpha value is -0.940. The van der Waals surface area contributed by atoms with Gasteiger partial charge >= 0.3 is 0 Å². The van der Waals surface area contributed by atoms with Gasteiger partial charge < -0.3 is 9.64 Å². The third-order valence-corrected chi connectivity index (χ3v) is 3.33. The van der Waals surface area contributed by atoms with Crippen LogP contribution in [0.5, 0.6) is 0 Å². The molecular formula is C10H12N2OS2. The molecule has 15 heavy (non-hydrogen) atoms. The van der Waals surface area contributed by atoms with Gasteiger partial charge in [0.1, 0.15) is 6.61 Å². The fourth-order valence-electron chi connectivity index (χ4n) is 1.40. The van der Waals surface area contributed by atoms with Gasteiger partial charge in [0.15, 0.2) is 5.05 Å².